The lowest BCUT2D eigenvalue weighted by Gasteiger charge is -2.21. The Kier molecular flexibility index (Phi) is 4.96. The summed E-state index contributed by atoms with van der Waals surface area (Å²) >= 11 is 0. The molecule has 0 radical (unpaired) electrons. The van der Waals surface area contributed by atoms with E-state index in [1.54, 1.807) is 6.92 Å². The van der Waals surface area contributed by atoms with Crippen LogP contribution in [0.2, 0.25) is 0 Å². The number of fused-ring (bicyclic) bond motifs is 1. The molecule has 1 aliphatic carbocycles. The third kappa shape index (κ3) is 3.53. The first-order chi connectivity index (χ1) is 15.5. The molecule has 164 valence electrons. The van der Waals surface area contributed by atoms with Crippen LogP contribution in [0.1, 0.15) is 36.8 Å². The van der Waals surface area contributed by atoms with Gasteiger partial charge in [0.25, 0.3) is 5.91 Å². The molecule has 3 aromatic rings. The van der Waals surface area contributed by atoms with Crippen LogP contribution in [-0.4, -0.2) is 46.4 Å². The number of nitrogens with zero attached hydrogens (tertiary/aromatic N) is 1. The molecule has 0 spiro atoms. The summed E-state index contributed by atoms with van der Waals surface area (Å²) in [5, 5.41) is 6.83. The van der Waals surface area contributed by atoms with Crippen molar-refractivity contribution in [2.75, 3.05) is 13.1 Å². The van der Waals surface area contributed by atoms with Crippen LogP contribution in [0.3, 0.4) is 0 Å². The van der Waals surface area contributed by atoms with Crippen molar-refractivity contribution in [3.8, 4) is 0 Å². The highest BCUT2D eigenvalue weighted by Crippen LogP contribution is 2.42. The zero-order valence-corrected chi connectivity index (χ0v) is 17.9. The molecular weight excluding hydrogens is 404 g/mol. The van der Waals surface area contributed by atoms with Gasteiger partial charge in [-0.25, -0.2) is 4.79 Å². The molecule has 2 unspecified atom stereocenters. The lowest BCUT2D eigenvalue weighted by Crippen LogP contribution is -2.47. The second kappa shape index (κ2) is 7.82. The summed E-state index contributed by atoms with van der Waals surface area (Å²) in [5.74, 6) is -0.571. The van der Waals surface area contributed by atoms with E-state index in [0.29, 0.717) is 6.54 Å². The molecule has 1 aliphatic heterocycles. The maximum Gasteiger partial charge on any atom is 0.325 e. The van der Waals surface area contributed by atoms with E-state index < -0.39 is 11.6 Å². The number of rotatable bonds is 7. The Labute approximate surface area is 186 Å². The fourth-order valence-electron chi connectivity index (χ4n) is 4.69. The lowest BCUT2D eigenvalue weighted by molar-refractivity contribution is -0.135. The molecule has 1 aromatic heterocycles. The average molecular weight is 431 g/mol. The largest absolute Gasteiger partial charge is 0.361 e. The molecule has 4 amide bonds. The predicted octanol–water partition coefficient (Wildman–Crippen LogP) is 3.14. The Morgan fingerprint density at radius 3 is 2.59 bits per heavy atom. The maximum absolute atomic E-state index is 12.8. The fraction of sp³-hybridized carbons (Fsp3) is 0.320. The highest BCUT2D eigenvalue weighted by atomic mass is 16.2. The number of carbonyl (C=O) groups is 3. The molecular formula is C25H26N4O3. The minimum atomic E-state index is -0.881. The van der Waals surface area contributed by atoms with Gasteiger partial charge in [-0.1, -0.05) is 48.5 Å². The second-order valence-corrected chi connectivity index (χ2v) is 8.86. The average Bonchev–Trinajstić information content (AvgIpc) is 3.55. The van der Waals surface area contributed by atoms with Crippen LogP contribution in [0.4, 0.5) is 4.79 Å². The number of para-hydroxylation sites is 1. The van der Waals surface area contributed by atoms with Gasteiger partial charge in [0.15, 0.2) is 0 Å². The van der Waals surface area contributed by atoms with Crippen LogP contribution in [0.5, 0.6) is 0 Å². The molecule has 2 atom stereocenters. The lowest BCUT2D eigenvalue weighted by atomic mass is 9.91. The SMILES string of the molecule is CC1(C2CC2)NC(=O)N(CC(=O)NCC(c2ccccc2)c2c[nH]c3ccccc23)C1=O. The van der Waals surface area contributed by atoms with Crippen molar-refractivity contribution >= 4 is 28.7 Å². The van der Waals surface area contributed by atoms with Gasteiger partial charge in [-0.3, -0.25) is 14.5 Å². The molecule has 2 fully saturated rings. The van der Waals surface area contributed by atoms with Gasteiger partial charge < -0.3 is 15.6 Å². The van der Waals surface area contributed by atoms with Crippen LogP contribution in [0, 0.1) is 5.92 Å². The molecule has 1 saturated carbocycles. The normalized spacial score (nSPS) is 21.6. The fourth-order valence-corrected chi connectivity index (χ4v) is 4.69. The number of aromatic nitrogens is 1. The first-order valence-corrected chi connectivity index (χ1v) is 11.0. The zero-order valence-electron chi connectivity index (χ0n) is 17.9. The quantitative estimate of drug-likeness (QED) is 0.503. The summed E-state index contributed by atoms with van der Waals surface area (Å²) in [6.45, 7) is 1.84. The number of nitrogens with one attached hydrogen (secondary N) is 3. The first kappa shape index (κ1) is 20.3. The second-order valence-electron chi connectivity index (χ2n) is 8.86. The van der Waals surface area contributed by atoms with Gasteiger partial charge in [-0.05, 0) is 42.9 Å². The summed E-state index contributed by atoms with van der Waals surface area (Å²) in [4.78, 5) is 42.3. The van der Waals surface area contributed by atoms with Crippen LogP contribution >= 0.6 is 0 Å². The zero-order chi connectivity index (χ0) is 22.3. The van der Waals surface area contributed by atoms with Gasteiger partial charge in [0.05, 0.1) is 0 Å². The number of aromatic amines is 1. The highest BCUT2D eigenvalue weighted by molar-refractivity contribution is 6.09. The number of imide groups is 1. The number of hydrogen-bond donors (Lipinski definition) is 3. The van der Waals surface area contributed by atoms with Crippen molar-refractivity contribution in [1.82, 2.24) is 20.5 Å². The van der Waals surface area contributed by atoms with Gasteiger partial charge in [-0.15, -0.1) is 0 Å². The van der Waals surface area contributed by atoms with Gasteiger partial charge in [0.1, 0.15) is 12.1 Å². The molecule has 7 nitrogen and oxygen atoms in total. The van der Waals surface area contributed by atoms with Crippen molar-refractivity contribution < 1.29 is 14.4 Å². The molecule has 32 heavy (non-hydrogen) atoms. The summed E-state index contributed by atoms with van der Waals surface area (Å²) in [7, 11) is 0. The van der Waals surface area contributed by atoms with E-state index in [1.165, 1.54) is 0 Å². The van der Waals surface area contributed by atoms with E-state index in [1.807, 2.05) is 54.7 Å². The van der Waals surface area contributed by atoms with Gasteiger partial charge in [0, 0.05) is 29.6 Å². The standard InChI is InChI=1S/C25H26N4O3/c1-25(17-11-12-17)23(31)29(24(32)28-25)15-22(30)27-13-19(16-7-3-2-4-8-16)20-14-26-21-10-6-5-9-18(20)21/h2-10,14,17,19,26H,11-13,15H2,1H3,(H,27,30)(H,28,32). The van der Waals surface area contributed by atoms with Crippen molar-refractivity contribution in [2.24, 2.45) is 5.92 Å². The summed E-state index contributed by atoms with van der Waals surface area (Å²) in [6, 6.07) is 17.6. The van der Waals surface area contributed by atoms with Crippen LogP contribution in [0.25, 0.3) is 10.9 Å². The monoisotopic (exact) mass is 430 g/mol. The molecule has 2 heterocycles. The Morgan fingerprint density at radius 1 is 1.12 bits per heavy atom. The molecule has 3 N–H and O–H groups in total. The van der Waals surface area contributed by atoms with Crippen LogP contribution < -0.4 is 10.6 Å². The molecule has 1 saturated heterocycles. The van der Waals surface area contributed by atoms with Crippen molar-refractivity contribution in [2.45, 2.75) is 31.2 Å². The number of benzene rings is 2. The van der Waals surface area contributed by atoms with E-state index in [2.05, 4.69) is 21.7 Å². The minimum absolute atomic E-state index is 0.0730. The molecule has 5 rings (SSSR count). The topological polar surface area (TPSA) is 94.3 Å². The Balaban J connectivity index is 1.32. The third-order valence-corrected chi connectivity index (χ3v) is 6.70. The van der Waals surface area contributed by atoms with Crippen molar-refractivity contribution in [1.29, 1.82) is 0 Å². The number of H-pyrrole nitrogens is 1. The Bertz CT molecular complexity index is 1180. The van der Waals surface area contributed by atoms with E-state index in [0.717, 1.165) is 39.8 Å². The van der Waals surface area contributed by atoms with E-state index in [4.69, 9.17) is 0 Å². The predicted molar refractivity (Wildman–Crippen MR) is 121 cm³/mol. The van der Waals surface area contributed by atoms with Gasteiger partial charge >= 0.3 is 6.03 Å². The number of amides is 4. The molecule has 2 aliphatic rings. The highest BCUT2D eigenvalue weighted by Gasteiger charge is 2.56. The maximum atomic E-state index is 12.8. The number of urea groups is 1. The van der Waals surface area contributed by atoms with Crippen molar-refractivity contribution in [3.05, 3.63) is 71.9 Å². The first-order valence-electron chi connectivity index (χ1n) is 11.0. The molecule has 2 aromatic carbocycles. The summed E-state index contributed by atoms with van der Waals surface area (Å²) in [5.41, 5.74) is 2.32. The van der Waals surface area contributed by atoms with Gasteiger partial charge in [0.2, 0.25) is 5.91 Å². The summed E-state index contributed by atoms with van der Waals surface area (Å²) in [6.07, 6.45) is 3.82. The van der Waals surface area contributed by atoms with E-state index >= 15 is 0 Å². The number of hydrogen-bond acceptors (Lipinski definition) is 3. The smallest absolute Gasteiger partial charge is 0.325 e. The summed E-state index contributed by atoms with van der Waals surface area (Å²) < 4.78 is 0. The third-order valence-electron chi connectivity index (χ3n) is 6.70. The Hall–Kier alpha value is -3.61. The van der Waals surface area contributed by atoms with E-state index in [-0.39, 0.29) is 30.2 Å². The Morgan fingerprint density at radius 2 is 1.84 bits per heavy atom. The number of carbonyl (C=O) groups excluding carboxylic acids is 3. The molecule has 7 heteroatoms. The van der Waals surface area contributed by atoms with Crippen LogP contribution in [-0.2, 0) is 9.59 Å². The van der Waals surface area contributed by atoms with Gasteiger partial charge in [-0.2, -0.15) is 0 Å². The van der Waals surface area contributed by atoms with E-state index in [9.17, 15) is 14.4 Å². The van der Waals surface area contributed by atoms with Crippen LogP contribution in [0.15, 0.2) is 60.8 Å². The molecule has 0 bridgehead atoms. The minimum Gasteiger partial charge on any atom is -0.361 e. The van der Waals surface area contributed by atoms with Crippen molar-refractivity contribution in [3.63, 3.8) is 0 Å².